The molecule has 5 N–H and O–H groups in total. The molecule has 0 fully saturated rings. The number of carbonyl (C=O) groups excluding carboxylic acids is 1. The number of halogens is 1. The largest absolute Gasteiger partial charge is 0.381 e. The molecule has 156 valence electrons. The number of pyridine rings is 2. The van der Waals surface area contributed by atoms with Crippen molar-refractivity contribution >= 4 is 17.6 Å². The topological polar surface area (TPSA) is 143 Å². The van der Waals surface area contributed by atoms with Gasteiger partial charge in [0.2, 0.25) is 12.1 Å². The summed E-state index contributed by atoms with van der Waals surface area (Å²) in [7, 11) is 0. The number of hydrogen-bond acceptors (Lipinski definition) is 6. The predicted molar refractivity (Wildman–Crippen MR) is 114 cm³/mol. The molecule has 0 spiro atoms. The standard InChI is InChI=1S/C22H20FN7O/c23-16-5-1-3-14(11-16)8-10-28-22-17(6-7-18(30-22)20(25)29-13-24)19(21(26)31)15-4-2-9-27-12-15/h1-7,9,11-12,19H,8,10H2,(H2,25,29)(H2,26,31)(H,28,30). The molecule has 9 heteroatoms. The summed E-state index contributed by atoms with van der Waals surface area (Å²) in [6.07, 6.45) is 5.29. The number of rotatable bonds is 8. The Morgan fingerprint density at radius 2 is 2.06 bits per heavy atom. The third kappa shape index (κ3) is 5.39. The number of nitrogens with one attached hydrogen (secondary N) is 1. The lowest BCUT2D eigenvalue weighted by Crippen LogP contribution is -2.25. The van der Waals surface area contributed by atoms with Crippen LogP contribution in [-0.4, -0.2) is 28.3 Å². The number of amidine groups is 1. The molecule has 0 bridgehead atoms. The first-order valence-electron chi connectivity index (χ1n) is 9.40. The van der Waals surface area contributed by atoms with Crippen molar-refractivity contribution in [3.05, 3.63) is 89.1 Å². The second kappa shape index (κ2) is 9.93. The van der Waals surface area contributed by atoms with Crippen molar-refractivity contribution in [2.75, 3.05) is 11.9 Å². The first-order valence-corrected chi connectivity index (χ1v) is 9.40. The minimum atomic E-state index is -0.805. The highest BCUT2D eigenvalue weighted by Crippen LogP contribution is 2.29. The Labute approximate surface area is 178 Å². The molecule has 8 nitrogen and oxygen atoms in total. The van der Waals surface area contributed by atoms with E-state index in [2.05, 4.69) is 20.3 Å². The SMILES string of the molecule is N#CN=C(N)c1ccc(C(C(N)=O)c2cccnc2)c(NCCc2cccc(F)c2)n1. The summed E-state index contributed by atoms with van der Waals surface area (Å²) in [4.78, 5) is 24.3. The van der Waals surface area contributed by atoms with Crippen LogP contribution in [0.1, 0.15) is 28.3 Å². The summed E-state index contributed by atoms with van der Waals surface area (Å²) in [6, 6.07) is 13.0. The van der Waals surface area contributed by atoms with Gasteiger partial charge in [0.05, 0.1) is 5.92 Å². The molecule has 0 saturated heterocycles. The van der Waals surface area contributed by atoms with Crippen LogP contribution in [0.3, 0.4) is 0 Å². The quantitative estimate of drug-likeness (QED) is 0.291. The van der Waals surface area contributed by atoms with Crippen molar-refractivity contribution in [2.45, 2.75) is 12.3 Å². The Balaban J connectivity index is 1.96. The lowest BCUT2D eigenvalue weighted by molar-refractivity contribution is -0.118. The third-order valence-corrected chi connectivity index (χ3v) is 4.57. The van der Waals surface area contributed by atoms with Gasteiger partial charge in [-0.15, -0.1) is 0 Å². The molecular weight excluding hydrogens is 397 g/mol. The molecule has 1 aromatic carbocycles. The minimum Gasteiger partial charge on any atom is -0.381 e. The smallest absolute Gasteiger partial charge is 0.229 e. The Bertz CT molecular complexity index is 1140. The van der Waals surface area contributed by atoms with E-state index in [0.717, 1.165) is 5.56 Å². The molecule has 3 rings (SSSR count). The predicted octanol–water partition coefficient (Wildman–Crippen LogP) is 2.07. The zero-order valence-electron chi connectivity index (χ0n) is 16.5. The molecule has 1 atom stereocenters. The van der Waals surface area contributed by atoms with Crippen LogP contribution in [0.5, 0.6) is 0 Å². The van der Waals surface area contributed by atoms with E-state index < -0.39 is 11.8 Å². The van der Waals surface area contributed by atoms with Gasteiger partial charge >= 0.3 is 0 Å². The van der Waals surface area contributed by atoms with Crippen molar-refractivity contribution in [2.24, 2.45) is 16.5 Å². The maximum Gasteiger partial charge on any atom is 0.229 e. The molecule has 0 aliphatic heterocycles. The zero-order chi connectivity index (χ0) is 22.2. The summed E-state index contributed by atoms with van der Waals surface area (Å²) >= 11 is 0. The molecule has 2 aromatic heterocycles. The Morgan fingerprint density at radius 1 is 1.23 bits per heavy atom. The lowest BCUT2D eigenvalue weighted by atomic mass is 9.91. The summed E-state index contributed by atoms with van der Waals surface area (Å²) in [5, 5.41) is 11.9. The number of nitrogens with zero attached hydrogens (tertiary/aromatic N) is 4. The number of amides is 1. The van der Waals surface area contributed by atoms with Gasteiger partial charge < -0.3 is 16.8 Å². The van der Waals surface area contributed by atoms with Gasteiger partial charge in [-0.05, 0) is 41.8 Å². The number of primary amides is 1. The Kier molecular flexibility index (Phi) is 6.85. The van der Waals surface area contributed by atoms with E-state index in [9.17, 15) is 9.18 Å². The van der Waals surface area contributed by atoms with E-state index in [4.69, 9.17) is 16.7 Å². The van der Waals surface area contributed by atoms with Crippen molar-refractivity contribution < 1.29 is 9.18 Å². The number of aliphatic imine (C=N–C) groups is 1. The number of nitriles is 1. The van der Waals surface area contributed by atoms with E-state index in [0.29, 0.717) is 29.9 Å². The fourth-order valence-corrected chi connectivity index (χ4v) is 3.16. The van der Waals surface area contributed by atoms with E-state index in [1.54, 1.807) is 48.9 Å². The molecule has 1 amide bonds. The van der Waals surface area contributed by atoms with Crippen LogP contribution < -0.4 is 16.8 Å². The van der Waals surface area contributed by atoms with Crippen LogP contribution in [0.15, 0.2) is 65.9 Å². The van der Waals surface area contributed by atoms with E-state index in [1.165, 1.54) is 12.1 Å². The highest BCUT2D eigenvalue weighted by atomic mass is 19.1. The van der Waals surface area contributed by atoms with Crippen molar-refractivity contribution in [3.63, 3.8) is 0 Å². The van der Waals surface area contributed by atoms with Gasteiger partial charge in [0.1, 0.15) is 17.3 Å². The fourth-order valence-electron chi connectivity index (χ4n) is 3.16. The van der Waals surface area contributed by atoms with Gasteiger partial charge in [0.25, 0.3) is 0 Å². The van der Waals surface area contributed by atoms with Crippen molar-refractivity contribution in [1.82, 2.24) is 9.97 Å². The molecule has 31 heavy (non-hydrogen) atoms. The van der Waals surface area contributed by atoms with Gasteiger partial charge in [-0.3, -0.25) is 9.78 Å². The summed E-state index contributed by atoms with van der Waals surface area (Å²) in [5.41, 5.74) is 13.7. The zero-order valence-corrected chi connectivity index (χ0v) is 16.5. The third-order valence-electron chi connectivity index (χ3n) is 4.57. The Hall–Kier alpha value is -4.32. The van der Waals surface area contributed by atoms with Crippen LogP contribution in [-0.2, 0) is 11.2 Å². The van der Waals surface area contributed by atoms with Crippen LogP contribution in [0, 0.1) is 17.3 Å². The molecular formula is C22H20FN7O. The first-order chi connectivity index (χ1) is 15.0. The number of aromatic nitrogens is 2. The average Bonchev–Trinajstić information content (AvgIpc) is 2.75. The van der Waals surface area contributed by atoms with E-state index in [-0.39, 0.29) is 17.3 Å². The molecule has 0 saturated carbocycles. The molecule has 0 aliphatic rings. The number of benzene rings is 1. The van der Waals surface area contributed by atoms with Crippen LogP contribution in [0.2, 0.25) is 0 Å². The number of carbonyl (C=O) groups is 1. The maximum atomic E-state index is 13.4. The molecule has 0 radical (unpaired) electrons. The molecule has 0 aliphatic carbocycles. The van der Waals surface area contributed by atoms with Gasteiger partial charge in [-0.1, -0.05) is 24.3 Å². The monoisotopic (exact) mass is 417 g/mol. The van der Waals surface area contributed by atoms with Crippen LogP contribution >= 0.6 is 0 Å². The number of nitrogens with two attached hydrogens (primary N) is 2. The summed E-state index contributed by atoms with van der Waals surface area (Å²) in [5.74, 6) is -1.39. The van der Waals surface area contributed by atoms with Crippen LogP contribution in [0.25, 0.3) is 0 Å². The Morgan fingerprint density at radius 3 is 2.74 bits per heavy atom. The van der Waals surface area contributed by atoms with Gasteiger partial charge in [0, 0.05) is 24.5 Å². The lowest BCUT2D eigenvalue weighted by Gasteiger charge is -2.19. The normalized spacial score (nSPS) is 12.1. The summed E-state index contributed by atoms with van der Waals surface area (Å²) in [6.45, 7) is 0.403. The second-order valence-corrected chi connectivity index (χ2v) is 6.66. The average molecular weight is 417 g/mol. The molecule has 1 unspecified atom stereocenters. The van der Waals surface area contributed by atoms with Crippen molar-refractivity contribution in [3.8, 4) is 6.19 Å². The van der Waals surface area contributed by atoms with Gasteiger partial charge in [-0.25, -0.2) is 9.37 Å². The number of anilines is 1. The maximum absolute atomic E-state index is 13.4. The van der Waals surface area contributed by atoms with E-state index >= 15 is 0 Å². The van der Waals surface area contributed by atoms with Gasteiger partial charge in [0.15, 0.2) is 5.84 Å². The fraction of sp³-hybridized carbons (Fsp3) is 0.136. The molecule has 3 aromatic rings. The van der Waals surface area contributed by atoms with Gasteiger partial charge in [-0.2, -0.15) is 10.3 Å². The minimum absolute atomic E-state index is 0.0563. The highest BCUT2D eigenvalue weighted by molar-refractivity contribution is 5.97. The molecule has 2 heterocycles. The number of hydrogen-bond donors (Lipinski definition) is 3. The van der Waals surface area contributed by atoms with E-state index in [1.807, 2.05) is 6.07 Å². The highest BCUT2D eigenvalue weighted by Gasteiger charge is 2.25. The van der Waals surface area contributed by atoms with Crippen LogP contribution in [0.4, 0.5) is 10.2 Å². The second-order valence-electron chi connectivity index (χ2n) is 6.66. The summed E-state index contributed by atoms with van der Waals surface area (Å²) < 4.78 is 13.4. The first kappa shape index (κ1) is 21.4. The van der Waals surface area contributed by atoms with Crippen molar-refractivity contribution in [1.29, 1.82) is 5.26 Å².